The summed E-state index contributed by atoms with van der Waals surface area (Å²) in [5.41, 5.74) is 0.926. The van der Waals surface area contributed by atoms with Gasteiger partial charge in [-0.3, -0.25) is 4.79 Å². The predicted octanol–water partition coefficient (Wildman–Crippen LogP) is 3.29. The van der Waals surface area contributed by atoms with E-state index in [0.717, 1.165) is 36.0 Å². The maximum absolute atomic E-state index is 10.7. The minimum absolute atomic E-state index is 0.00304. The van der Waals surface area contributed by atoms with Crippen molar-refractivity contribution in [3.8, 4) is 11.8 Å². The van der Waals surface area contributed by atoms with Crippen LogP contribution in [-0.2, 0) is 6.42 Å². The van der Waals surface area contributed by atoms with Gasteiger partial charge in [-0.05, 0) is 43.5 Å². The van der Waals surface area contributed by atoms with Gasteiger partial charge < -0.3 is 10.2 Å². The van der Waals surface area contributed by atoms with Crippen LogP contribution < -0.4 is 0 Å². The van der Waals surface area contributed by atoms with Crippen LogP contribution in [0.1, 0.15) is 39.4 Å². The minimum atomic E-state index is -0.570. The van der Waals surface area contributed by atoms with Crippen molar-refractivity contribution in [3.05, 3.63) is 57.8 Å². The molecule has 1 aliphatic rings. The Kier molecular flexibility index (Phi) is 6.04. The molecule has 0 unspecified atom stereocenters. The average Bonchev–Trinajstić information content (AvgIpc) is 3.19. The maximum atomic E-state index is 10.7. The molecule has 0 aliphatic heterocycles. The SMILES string of the molecule is O=Cc1ccc(CCC[C@@H]2[C@@H](C#Cc3ccccc3)[C@H](O)C[C@@H]2O)s1. The number of thiophene rings is 1. The molecule has 130 valence electrons. The zero-order valence-electron chi connectivity index (χ0n) is 14.0. The topological polar surface area (TPSA) is 57.5 Å². The molecule has 1 aliphatic carbocycles. The van der Waals surface area contributed by atoms with E-state index in [9.17, 15) is 15.0 Å². The third-order valence-corrected chi connectivity index (χ3v) is 5.84. The number of aryl methyl sites for hydroxylation is 1. The fourth-order valence-corrected chi connectivity index (χ4v) is 4.33. The van der Waals surface area contributed by atoms with Crippen molar-refractivity contribution >= 4 is 17.6 Å². The third kappa shape index (κ3) is 4.58. The van der Waals surface area contributed by atoms with E-state index in [0.29, 0.717) is 6.42 Å². The van der Waals surface area contributed by atoms with Gasteiger partial charge >= 0.3 is 0 Å². The summed E-state index contributed by atoms with van der Waals surface area (Å²) >= 11 is 1.52. The fourth-order valence-electron chi connectivity index (χ4n) is 3.46. The van der Waals surface area contributed by atoms with Gasteiger partial charge in [-0.1, -0.05) is 30.0 Å². The fraction of sp³-hybridized carbons (Fsp3) is 0.381. The second-order valence-corrected chi connectivity index (χ2v) is 7.71. The molecule has 0 bridgehead atoms. The summed E-state index contributed by atoms with van der Waals surface area (Å²) in [5, 5.41) is 20.6. The first-order valence-electron chi connectivity index (χ1n) is 8.64. The quantitative estimate of drug-likeness (QED) is 0.640. The molecule has 1 aromatic carbocycles. The number of hydrogen-bond donors (Lipinski definition) is 2. The molecule has 0 spiro atoms. The molecule has 3 rings (SSSR count). The Bertz CT molecular complexity index is 756. The van der Waals surface area contributed by atoms with Crippen molar-refractivity contribution in [3.63, 3.8) is 0 Å². The molecule has 0 radical (unpaired) electrons. The van der Waals surface area contributed by atoms with Crippen LogP contribution in [0, 0.1) is 23.7 Å². The highest BCUT2D eigenvalue weighted by atomic mass is 32.1. The standard InChI is InChI=1S/C21H22O3S/c22-14-17-11-10-16(25-17)7-4-8-18-19(21(24)13-20(18)23)12-9-15-5-2-1-3-6-15/h1-3,5-6,10-11,14,18-21,23-24H,4,7-8,13H2/t18-,19-,20+,21-/m1/s1. The average molecular weight is 354 g/mol. The number of carbonyl (C=O) groups is 1. The molecule has 4 heteroatoms. The smallest absolute Gasteiger partial charge is 0.160 e. The number of rotatable bonds is 5. The maximum Gasteiger partial charge on any atom is 0.160 e. The van der Waals surface area contributed by atoms with Gasteiger partial charge in [-0.15, -0.1) is 11.3 Å². The number of carbonyl (C=O) groups excluding carboxylic acids is 1. The van der Waals surface area contributed by atoms with E-state index in [2.05, 4.69) is 11.8 Å². The van der Waals surface area contributed by atoms with Crippen LogP contribution in [0.2, 0.25) is 0 Å². The van der Waals surface area contributed by atoms with Crippen molar-refractivity contribution in [1.29, 1.82) is 0 Å². The van der Waals surface area contributed by atoms with E-state index in [1.807, 2.05) is 42.5 Å². The summed E-state index contributed by atoms with van der Waals surface area (Å²) in [6, 6.07) is 13.5. The lowest BCUT2D eigenvalue weighted by Crippen LogP contribution is -2.21. The van der Waals surface area contributed by atoms with E-state index in [4.69, 9.17) is 0 Å². The molecule has 25 heavy (non-hydrogen) atoms. The Morgan fingerprint density at radius 3 is 2.64 bits per heavy atom. The Morgan fingerprint density at radius 1 is 1.12 bits per heavy atom. The predicted molar refractivity (Wildman–Crippen MR) is 99.6 cm³/mol. The lowest BCUT2D eigenvalue weighted by Gasteiger charge is -2.18. The molecule has 1 saturated carbocycles. The van der Waals surface area contributed by atoms with Crippen molar-refractivity contribution in [2.45, 2.75) is 37.9 Å². The zero-order chi connectivity index (χ0) is 17.6. The summed E-state index contributed by atoms with van der Waals surface area (Å²) < 4.78 is 0. The number of hydrogen-bond acceptors (Lipinski definition) is 4. The number of aliphatic hydroxyl groups excluding tert-OH is 2. The molecule has 2 N–H and O–H groups in total. The summed E-state index contributed by atoms with van der Waals surface area (Å²) in [4.78, 5) is 12.7. The van der Waals surface area contributed by atoms with Gasteiger partial charge in [-0.2, -0.15) is 0 Å². The molecule has 0 saturated heterocycles. The van der Waals surface area contributed by atoms with E-state index >= 15 is 0 Å². The largest absolute Gasteiger partial charge is 0.393 e. The molecule has 4 atom stereocenters. The van der Waals surface area contributed by atoms with Gasteiger partial charge in [0.05, 0.1) is 23.0 Å². The molecular formula is C21H22O3S. The molecule has 2 aromatic rings. The number of aldehydes is 1. The van der Waals surface area contributed by atoms with Crippen molar-refractivity contribution in [2.75, 3.05) is 0 Å². The summed E-state index contributed by atoms with van der Waals surface area (Å²) in [5.74, 6) is 6.12. The van der Waals surface area contributed by atoms with E-state index in [-0.39, 0.29) is 11.8 Å². The van der Waals surface area contributed by atoms with Gasteiger partial charge in [0.2, 0.25) is 0 Å². The molecule has 1 fully saturated rings. The molecular weight excluding hydrogens is 332 g/mol. The first-order chi connectivity index (χ1) is 12.2. The van der Waals surface area contributed by atoms with Crippen LogP contribution in [0.4, 0.5) is 0 Å². The number of benzene rings is 1. The van der Waals surface area contributed by atoms with Crippen LogP contribution in [-0.4, -0.2) is 28.7 Å². The molecule has 1 heterocycles. The Balaban J connectivity index is 1.61. The molecule has 1 aromatic heterocycles. The summed E-state index contributed by atoms with van der Waals surface area (Å²) in [6.07, 6.45) is 2.82. The second-order valence-electron chi connectivity index (χ2n) is 6.51. The summed E-state index contributed by atoms with van der Waals surface area (Å²) in [7, 11) is 0. The van der Waals surface area contributed by atoms with Crippen molar-refractivity contribution in [2.24, 2.45) is 11.8 Å². The van der Waals surface area contributed by atoms with Crippen LogP contribution in [0.3, 0.4) is 0 Å². The zero-order valence-corrected chi connectivity index (χ0v) is 14.8. The van der Waals surface area contributed by atoms with Gasteiger partial charge in [0, 0.05) is 22.8 Å². The van der Waals surface area contributed by atoms with E-state index in [1.165, 1.54) is 16.2 Å². The van der Waals surface area contributed by atoms with Gasteiger partial charge in [0.15, 0.2) is 6.29 Å². The van der Waals surface area contributed by atoms with Gasteiger partial charge in [0.25, 0.3) is 0 Å². The third-order valence-electron chi connectivity index (χ3n) is 4.77. The van der Waals surface area contributed by atoms with E-state index < -0.39 is 12.2 Å². The lowest BCUT2D eigenvalue weighted by molar-refractivity contribution is 0.112. The van der Waals surface area contributed by atoms with Crippen molar-refractivity contribution in [1.82, 2.24) is 0 Å². The Labute approximate surface area is 152 Å². The monoisotopic (exact) mass is 354 g/mol. The lowest BCUT2D eigenvalue weighted by atomic mass is 9.89. The normalized spacial score (nSPS) is 25.4. The van der Waals surface area contributed by atoms with Crippen LogP contribution in [0.15, 0.2) is 42.5 Å². The molecule has 0 amide bonds. The van der Waals surface area contributed by atoms with Crippen LogP contribution >= 0.6 is 11.3 Å². The Morgan fingerprint density at radius 2 is 1.92 bits per heavy atom. The van der Waals surface area contributed by atoms with Gasteiger partial charge in [0.1, 0.15) is 0 Å². The molecule has 3 nitrogen and oxygen atoms in total. The number of aliphatic hydroxyl groups is 2. The highest BCUT2D eigenvalue weighted by Crippen LogP contribution is 2.36. The van der Waals surface area contributed by atoms with E-state index in [1.54, 1.807) is 0 Å². The van der Waals surface area contributed by atoms with Crippen LogP contribution in [0.25, 0.3) is 0 Å². The first-order valence-corrected chi connectivity index (χ1v) is 9.45. The highest BCUT2D eigenvalue weighted by molar-refractivity contribution is 7.13. The van der Waals surface area contributed by atoms with Crippen molar-refractivity contribution < 1.29 is 15.0 Å². The van der Waals surface area contributed by atoms with Crippen LogP contribution in [0.5, 0.6) is 0 Å². The minimum Gasteiger partial charge on any atom is -0.393 e. The highest BCUT2D eigenvalue weighted by Gasteiger charge is 2.40. The second kappa shape index (κ2) is 8.44. The van der Waals surface area contributed by atoms with Gasteiger partial charge in [-0.25, -0.2) is 0 Å². The summed E-state index contributed by atoms with van der Waals surface area (Å²) in [6.45, 7) is 0. The Hall–Kier alpha value is -1.93. The first kappa shape index (κ1) is 17.9.